The topological polar surface area (TPSA) is 29.9 Å². The van der Waals surface area contributed by atoms with Gasteiger partial charge in [-0.05, 0) is 45.4 Å². The molecule has 20 heavy (non-hydrogen) atoms. The Morgan fingerprint density at radius 2 is 2.10 bits per heavy atom. The average Bonchev–Trinajstić information content (AvgIpc) is 2.71. The second-order valence-corrected chi connectivity index (χ2v) is 5.13. The van der Waals surface area contributed by atoms with Crippen LogP contribution in [-0.2, 0) is 13.1 Å². The smallest absolute Gasteiger partial charge is 0.123 e. The molecule has 1 unspecified atom stereocenters. The summed E-state index contributed by atoms with van der Waals surface area (Å²) < 4.78 is 15.2. The molecule has 1 heterocycles. The molecule has 2 aromatic rings. The van der Waals surface area contributed by atoms with E-state index in [2.05, 4.69) is 31.2 Å². The van der Waals surface area contributed by atoms with Crippen molar-refractivity contribution in [3.8, 4) is 0 Å². The first-order chi connectivity index (χ1) is 9.52. The largest absolute Gasteiger partial charge is 0.306 e. The summed E-state index contributed by atoms with van der Waals surface area (Å²) in [5.41, 5.74) is 4.45. The van der Waals surface area contributed by atoms with Crippen LogP contribution in [0.1, 0.15) is 42.4 Å². The standard InChI is InChI=1S/C16H22FN3/c1-5-20-13(4)16(12(3)19-20)11(2)18-10-14-7-6-8-15(17)9-14/h6-9,11,18H,5,10H2,1-4H3. The van der Waals surface area contributed by atoms with Gasteiger partial charge >= 0.3 is 0 Å². The Kier molecular flexibility index (Phi) is 4.55. The molecule has 0 aliphatic heterocycles. The number of nitrogens with zero attached hydrogens (tertiary/aromatic N) is 2. The van der Waals surface area contributed by atoms with Gasteiger partial charge in [-0.1, -0.05) is 12.1 Å². The lowest BCUT2D eigenvalue weighted by molar-refractivity contribution is 0.562. The normalized spacial score (nSPS) is 12.7. The first-order valence-electron chi connectivity index (χ1n) is 7.04. The molecule has 0 spiro atoms. The van der Waals surface area contributed by atoms with Crippen LogP contribution in [-0.4, -0.2) is 9.78 Å². The molecular weight excluding hydrogens is 253 g/mol. The molecule has 0 aliphatic rings. The van der Waals surface area contributed by atoms with Gasteiger partial charge in [0.15, 0.2) is 0 Å². The van der Waals surface area contributed by atoms with Crippen LogP contribution >= 0.6 is 0 Å². The van der Waals surface area contributed by atoms with E-state index in [0.717, 1.165) is 17.8 Å². The van der Waals surface area contributed by atoms with E-state index >= 15 is 0 Å². The average molecular weight is 275 g/mol. The van der Waals surface area contributed by atoms with E-state index in [1.165, 1.54) is 17.3 Å². The van der Waals surface area contributed by atoms with Crippen LogP contribution in [0.5, 0.6) is 0 Å². The number of aryl methyl sites for hydroxylation is 2. The van der Waals surface area contributed by atoms with Gasteiger partial charge in [-0.2, -0.15) is 5.10 Å². The van der Waals surface area contributed by atoms with Crippen molar-refractivity contribution < 1.29 is 4.39 Å². The molecule has 1 aromatic heterocycles. The van der Waals surface area contributed by atoms with E-state index < -0.39 is 0 Å². The minimum Gasteiger partial charge on any atom is -0.306 e. The number of nitrogens with one attached hydrogen (secondary N) is 1. The van der Waals surface area contributed by atoms with Gasteiger partial charge in [0.05, 0.1) is 5.69 Å². The number of aromatic nitrogens is 2. The molecule has 4 heteroatoms. The Bertz CT molecular complexity index is 589. The van der Waals surface area contributed by atoms with Gasteiger partial charge in [0, 0.05) is 30.4 Å². The minimum atomic E-state index is -0.192. The van der Waals surface area contributed by atoms with Crippen LogP contribution in [0.15, 0.2) is 24.3 Å². The van der Waals surface area contributed by atoms with E-state index in [-0.39, 0.29) is 11.9 Å². The lowest BCUT2D eigenvalue weighted by Gasteiger charge is -2.15. The molecule has 0 saturated carbocycles. The van der Waals surface area contributed by atoms with Gasteiger partial charge in [-0.25, -0.2) is 4.39 Å². The monoisotopic (exact) mass is 275 g/mol. The summed E-state index contributed by atoms with van der Waals surface area (Å²) in [7, 11) is 0. The first-order valence-corrected chi connectivity index (χ1v) is 7.04. The van der Waals surface area contributed by atoms with Crippen molar-refractivity contribution in [1.29, 1.82) is 0 Å². The van der Waals surface area contributed by atoms with Crippen molar-refractivity contribution in [2.45, 2.75) is 46.8 Å². The number of hydrogen-bond acceptors (Lipinski definition) is 2. The highest BCUT2D eigenvalue weighted by atomic mass is 19.1. The van der Waals surface area contributed by atoms with Crippen molar-refractivity contribution in [2.75, 3.05) is 0 Å². The summed E-state index contributed by atoms with van der Waals surface area (Å²) in [5, 5.41) is 7.98. The molecular formula is C16H22FN3. The fraction of sp³-hybridized carbons (Fsp3) is 0.438. The Morgan fingerprint density at radius 1 is 1.35 bits per heavy atom. The molecule has 0 fully saturated rings. The fourth-order valence-electron chi connectivity index (χ4n) is 2.67. The predicted molar refractivity (Wildman–Crippen MR) is 79.0 cm³/mol. The molecule has 1 N–H and O–H groups in total. The van der Waals surface area contributed by atoms with Crippen LogP contribution in [0.4, 0.5) is 4.39 Å². The third-order valence-corrected chi connectivity index (χ3v) is 3.67. The summed E-state index contributed by atoms with van der Waals surface area (Å²) in [6.07, 6.45) is 0. The number of rotatable bonds is 5. The highest BCUT2D eigenvalue weighted by molar-refractivity contribution is 5.28. The van der Waals surface area contributed by atoms with Crippen LogP contribution in [0.3, 0.4) is 0 Å². The van der Waals surface area contributed by atoms with E-state index in [1.807, 2.05) is 17.7 Å². The van der Waals surface area contributed by atoms with Crippen molar-refractivity contribution in [3.63, 3.8) is 0 Å². The molecule has 0 radical (unpaired) electrons. The zero-order valence-electron chi connectivity index (χ0n) is 12.6. The van der Waals surface area contributed by atoms with Crippen LogP contribution in [0, 0.1) is 19.7 Å². The Labute approximate surface area is 119 Å². The summed E-state index contributed by atoms with van der Waals surface area (Å²) in [4.78, 5) is 0. The van der Waals surface area contributed by atoms with E-state index in [9.17, 15) is 4.39 Å². The summed E-state index contributed by atoms with van der Waals surface area (Å²) in [6.45, 7) is 9.87. The molecule has 1 atom stereocenters. The highest BCUT2D eigenvalue weighted by Gasteiger charge is 2.16. The minimum absolute atomic E-state index is 0.192. The maximum atomic E-state index is 13.2. The quantitative estimate of drug-likeness (QED) is 0.905. The Morgan fingerprint density at radius 3 is 2.70 bits per heavy atom. The molecule has 1 aromatic carbocycles. The third-order valence-electron chi connectivity index (χ3n) is 3.67. The van der Waals surface area contributed by atoms with Gasteiger partial charge in [0.2, 0.25) is 0 Å². The van der Waals surface area contributed by atoms with Crippen LogP contribution in [0.2, 0.25) is 0 Å². The van der Waals surface area contributed by atoms with Crippen molar-refractivity contribution in [3.05, 3.63) is 52.6 Å². The molecule has 0 aliphatic carbocycles. The number of benzene rings is 1. The van der Waals surface area contributed by atoms with Gasteiger partial charge in [0.25, 0.3) is 0 Å². The lowest BCUT2D eigenvalue weighted by atomic mass is 10.1. The van der Waals surface area contributed by atoms with E-state index in [4.69, 9.17) is 0 Å². The van der Waals surface area contributed by atoms with Gasteiger partial charge in [0.1, 0.15) is 5.82 Å². The van der Waals surface area contributed by atoms with Crippen LogP contribution in [0.25, 0.3) is 0 Å². The van der Waals surface area contributed by atoms with Gasteiger partial charge in [-0.3, -0.25) is 4.68 Å². The molecule has 0 amide bonds. The first kappa shape index (κ1) is 14.7. The van der Waals surface area contributed by atoms with E-state index in [0.29, 0.717) is 6.54 Å². The summed E-state index contributed by atoms with van der Waals surface area (Å²) in [6, 6.07) is 6.89. The zero-order chi connectivity index (χ0) is 14.7. The van der Waals surface area contributed by atoms with Gasteiger partial charge in [-0.15, -0.1) is 0 Å². The zero-order valence-corrected chi connectivity index (χ0v) is 12.6. The molecule has 0 saturated heterocycles. The van der Waals surface area contributed by atoms with E-state index in [1.54, 1.807) is 12.1 Å². The number of hydrogen-bond donors (Lipinski definition) is 1. The predicted octanol–water partition coefficient (Wildman–Crippen LogP) is 3.51. The second-order valence-electron chi connectivity index (χ2n) is 5.13. The van der Waals surface area contributed by atoms with Crippen LogP contribution < -0.4 is 5.32 Å². The highest BCUT2D eigenvalue weighted by Crippen LogP contribution is 2.21. The third kappa shape index (κ3) is 3.07. The van der Waals surface area contributed by atoms with Crippen molar-refractivity contribution >= 4 is 0 Å². The maximum Gasteiger partial charge on any atom is 0.123 e. The molecule has 2 rings (SSSR count). The number of halogens is 1. The molecule has 0 bridgehead atoms. The molecule has 108 valence electrons. The fourth-order valence-corrected chi connectivity index (χ4v) is 2.67. The van der Waals surface area contributed by atoms with Gasteiger partial charge < -0.3 is 5.32 Å². The van der Waals surface area contributed by atoms with Crippen molar-refractivity contribution in [2.24, 2.45) is 0 Å². The Hall–Kier alpha value is -1.68. The summed E-state index contributed by atoms with van der Waals surface area (Å²) in [5.74, 6) is -0.192. The summed E-state index contributed by atoms with van der Waals surface area (Å²) >= 11 is 0. The SMILES string of the molecule is CCn1nc(C)c(C(C)NCc2cccc(F)c2)c1C. The van der Waals surface area contributed by atoms with Crippen molar-refractivity contribution in [1.82, 2.24) is 15.1 Å². The Balaban J connectivity index is 2.09. The second kappa shape index (κ2) is 6.18. The lowest BCUT2D eigenvalue weighted by Crippen LogP contribution is -2.19. The molecule has 3 nitrogen and oxygen atoms in total. The maximum absolute atomic E-state index is 13.2.